The molecule has 4 rings (SSSR count). The molecule has 0 radical (unpaired) electrons. The molecule has 1 aromatic heterocycles. The minimum atomic E-state index is -4.03. The highest BCUT2D eigenvalue weighted by atomic mass is 32.2. The van der Waals surface area contributed by atoms with Gasteiger partial charge in [-0.1, -0.05) is 18.2 Å². The maximum atomic E-state index is 13.0. The maximum Gasteiger partial charge on any atom is 0.326 e. The molecule has 0 unspecified atom stereocenters. The fourth-order valence-electron chi connectivity index (χ4n) is 4.35. The molecule has 2 N–H and O–H groups in total. The molecule has 12 heteroatoms. The first-order valence-electron chi connectivity index (χ1n) is 13.5. The molecule has 0 saturated carbocycles. The smallest absolute Gasteiger partial charge is 0.326 e. The third kappa shape index (κ3) is 8.48. The molecule has 1 aliphatic heterocycles. The molecule has 218 valence electrons. The molecular formula is C29H36N6O5S. The van der Waals surface area contributed by atoms with Crippen molar-refractivity contribution in [2.75, 3.05) is 42.5 Å². The molecule has 1 fully saturated rings. The van der Waals surface area contributed by atoms with Crippen LogP contribution >= 0.6 is 0 Å². The highest BCUT2D eigenvalue weighted by Gasteiger charge is 2.30. The minimum absolute atomic E-state index is 0.00315. The Kier molecular flexibility index (Phi) is 9.56. The van der Waals surface area contributed by atoms with Gasteiger partial charge in [-0.05, 0) is 69.7 Å². The van der Waals surface area contributed by atoms with Gasteiger partial charge in [-0.25, -0.2) is 18.4 Å². The third-order valence-electron chi connectivity index (χ3n) is 6.33. The van der Waals surface area contributed by atoms with Gasteiger partial charge in [-0.3, -0.25) is 9.59 Å². The molecule has 1 amide bonds. The van der Waals surface area contributed by atoms with Gasteiger partial charge in [0, 0.05) is 56.4 Å². The number of aromatic nitrogens is 2. The topological polar surface area (TPSA) is 134 Å². The number of benzene rings is 2. The van der Waals surface area contributed by atoms with Gasteiger partial charge in [0.25, 0.3) is 5.91 Å². The Morgan fingerprint density at radius 3 is 2.20 bits per heavy atom. The van der Waals surface area contributed by atoms with Crippen molar-refractivity contribution in [3.8, 4) is 0 Å². The zero-order valence-corrected chi connectivity index (χ0v) is 24.3. The first-order chi connectivity index (χ1) is 19.5. The van der Waals surface area contributed by atoms with Crippen molar-refractivity contribution in [1.29, 1.82) is 0 Å². The number of sulfonamides is 1. The Bertz CT molecular complexity index is 1410. The Balaban J connectivity index is 1.39. The van der Waals surface area contributed by atoms with Crippen molar-refractivity contribution in [3.63, 3.8) is 0 Å². The van der Waals surface area contributed by atoms with Gasteiger partial charge in [0.2, 0.25) is 16.0 Å². The highest BCUT2D eigenvalue weighted by molar-refractivity contribution is 7.89. The molecule has 3 aromatic rings. The molecule has 2 heterocycles. The van der Waals surface area contributed by atoms with Gasteiger partial charge in [-0.2, -0.15) is 4.72 Å². The SMILES string of the molecule is CC(C)(C)OC(=O)[C@H](CNC(=O)c1ccc(N2CCCN(c3ncccn3)CC2)cc1)NS(=O)(=O)c1ccccc1. The summed E-state index contributed by atoms with van der Waals surface area (Å²) >= 11 is 0. The number of hydrogen-bond donors (Lipinski definition) is 2. The number of hydrogen-bond acceptors (Lipinski definition) is 9. The summed E-state index contributed by atoms with van der Waals surface area (Å²) in [6.45, 7) is 8.04. The van der Waals surface area contributed by atoms with Crippen LogP contribution < -0.4 is 19.8 Å². The van der Waals surface area contributed by atoms with Crippen molar-refractivity contribution < 1.29 is 22.7 Å². The highest BCUT2D eigenvalue weighted by Crippen LogP contribution is 2.19. The predicted molar refractivity (Wildman–Crippen MR) is 156 cm³/mol. The Labute approximate surface area is 241 Å². The number of nitrogens with one attached hydrogen (secondary N) is 2. The predicted octanol–water partition coefficient (Wildman–Crippen LogP) is 2.61. The zero-order chi connectivity index (χ0) is 29.5. The molecule has 0 bridgehead atoms. The summed E-state index contributed by atoms with van der Waals surface area (Å²) in [4.78, 5) is 38.9. The monoisotopic (exact) mass is 580 g/mol. The van der Waals surface area contributed by atoms with Crippen molar-refractivity contribution in [2.45, 2.75) is 43.7 Å². The Morgan fingerprint density at radius 1 is 0.902 bits per heavy atom. The van der Waals surface area contributed by atoms with Crippen LogP contribution in [0.3, 0.4) is 0 Å². The second-order valence-electron chi connectivity index (χ2n) is 10.7. The van der Waals surface area contributed by atoms with Crippen LogP contribution in [0.1, 0.15) is 37.6 Å². The average molecular weight is 581 g/mol. The lowest BCUT2D eigenvalue weighted by molar-refractivity contribution is -0.156. The molecule has 11 nitrogen and oxygen atoms in total. The van der Waals surface area contributed by atoms with Gasteiger partial charge >= 0.3 is 5.97 Å². The maximum absolute atomic E-state index is 13.0. The zero-order valence-electron chi connectivity index (χ0n) is 23.5. The van der Waals surface area contributed by atoms with Gasteiger partial charge in [0.05, 0.1) is 4.90 Å². The number of rotatable bonds is 9. The number of esters is 1. The van der Waals surface area contributed by atoms with Crippen LogP contribution in [0.15, 0.2) is 78.0 Å². The molecule has 0 spiro atoms. The Hall–Kier alpha value is -4.03. The summed E-state index contributed by atoms with van der Waals surface area (Å²) in [5.74, 6) is -0.506. The summed E-state index contributed by atoms with van der Waals surface area (Å²) in [5, 5.41) is 2.67. The van der Waals surface area contributed by atoms with E-state index in [0.29, 0.717) is 5.56 Å². The Morgan fingerprint density at radius 2 is 1.54 bits per heavy atom. The van der Waals surface area contributed by atoms with E-state index in [9.17, 15) is 18.0 Å². The van der Waals surface area contributed by atoms with E-state index in [2.05, 4.69) is 29.8 Å². The van der Waals surface area contributed by atoms with E-state index in [1.807, 2.05) is 12.1 Å². The largest absolute Gasteiger partial charge is 0.459 e. The van der Waals surface area contributed by atoms with Crippen LogP contribution in [0.25, 0.3) is 0 Å². The lowest BCUT2D eigenvalue weighted by Gasteiger charge is -2.25. The first-order valence-corrected chi connectivity index (χ1v) is 15.0. The lowest BCUT2D eigenvalue weighted by Crippen LogP contribution is -2.50. The van der Waals surface area contributed by atoms with E-state index in [4.69, 9.17) is 4.74 Å². The average Bonchev–Trinajstić information content (AvgIpc) is 3.22. The second kappa shape index (κ2) is 13.1. The van der Waals surface area contributed by atoms with E-state index in [1.165, 1.54) is 12.1 Å². The molecule has 1 saturated heterocycles. The van der Waals surface area contributed by atoms with Crippen LogP contribution in [0.5, 0.6) is 0 Å². The van der Waals surface area contributed by atoms with E-state index in [-0.39, 0.29) is 11.4 Å². The van der Waals surface area contributed by atoms with Gasteiger partial charge in [0.15, 0.2) is 0 Å². The van der Waals surface area contributed by atoms with Gasteiger partial charge < -0.3 is 19.9 Å². The standard InChI is InChI=1S/C29H36N6O5S/c1-29(2,3)40-27(37)25(33-41(38,39)24-9-5-4-6-10-24)21-32-26(36)22-11-13-23(14-12-22)34-17-8-18-35(20-19-34)28-30-15-7-16-31-28/h4-7,9-16,25,33H,8,17-21H2,1-3H3,(H,32,36)/t25-/m0/s1. The fourth-order valence-corrected chi connectivity index (χ4v) is 5.56. The van der Waals surface area contributed by atoms with Crippen LogP contribution in [-0.2, 0) is 19.6 Å². The van der Waals surface area contributed by atoms with Crippen molar-refractivity contribution in [3.05, 3.63) is 78.6 Å². The number of anilines is 2. The van der Waals surface area contributed by atoms with Crippen LogP contribution in [0, 0.1) is 0 Å². The summed E-state index contributed by atoms with van der Waals surface area (Å²) in [7, 11) is -4.03. The molecular weight excluding hydrogens is 544 g/mol. The first kappa shape index (κ1) is 29.9. The third-order valence-corrected chi connectivity index (χ3v) is 7.82. The van der Waals surface area contributed by atoms with Gasteiger partial charge in [-0.15, -0.1) is 0 Å². The van der Waals surface area contributed by atoms with Gasteiger partial charge in [0.1, 0.15) is 11.6 Å². The van der Waals surface area contributed by atoms with E-state index in [0.717, 1.165) is 44.2 Å². The molecule has 1 atom stereocenters. The summed E-state index contributed by atoms with van der Waals surface area (Å²) in [6, 6.07) is 15.4. The van der Waals surface area contributed by atoms with E-state index in [1.54, 1.807) is 69.6 Å². The number of ether oxygens (including phenoxy) is 1. The quantitative estimate of drug-likeness (QED) is 0.366. The lowest BCUT2D eigenvalue weighted by atomic mass is 10.1. The van der Waals surface area contributed by atoms with E-state index < -0.39 is 33.5 Å². The van der Waals surface area contributed by atoms with Crippen molar-refractivity contribution >= 4 is 33.5 Å². The molecule has 0 aliphatic carbocycles. The van der Waals surface area contributed by atoms with Crippen LogP contribution in [-0.4, -0.2) is 74.6 Å². The molecule has 1 aliphatic rings. The van der Waals surface area contributed by atoms with Crippen LogP contribution in [0.2, 0.25) is 0 Å². The number of amides is 1. The molecule has 2 aromatic carbocycles. The fraction of sp³-hybridized carbons (Fsp3) is 0.379. The second-order valence-corrected chi connectivity index (χ2v) is 12.4. The summed E-state index contributed by atoms with van der Waals surface area (Å²) < 4.78 is 33.6. The summed E-state index contributed by atoms with van der Waals surface area (Å²) in [6.07, 6.45) is 4.41. The molecule has 41 heavy (non-hydrogen) atoms. The van der Waals surface area contributed by atoms with Crippen molar-refractivity contribution in [2.24, 2.45) is 0 Å². The minimum Gasteiger partial charge on any atom is -0.459 e. The van der Waals surface area contributed by atoms with E-state index >= 15 is 0 Å². The van der Waals surface area contributed by atoms with Crippen molar-refractivity contribution in [1.82, 2.24) is 20.0 Å². The summed E-state index contributed by atoms with van der Waals surface area (Å²) in [5.41, 5.74) is 0.530. The number of carbonyl (C=O) groups is 2. The normalized spacial score (nSPS) is 15.1. The number of carbonyl (C=O) groups excluding carboxylic acids is 2. The number of nitrogens with zero attached hydrogens (tertiary/aromatic N) is 4. The van der Waals surface area contributed by atoms with Crippen LogP contribution in [0.4, 0.5) is 11.6 Å².